The molecule has 0 spiro atoms. The lowest BCUT2D eigenvalue weighted by molar-refractivity contribution is 0.918. The number of nitriles is 1. The summed E-state index contributed by atoms with van der Waals surface area (Å²) >= 11 is 3.33. The summed E-state index contributed by atoms with van der Waals surface area (Å²) in [4.78, 5) is 0. The molecule has 2 heteroatoms. The molecular weight excluding hydrogens is 202 g/mol. The van der Waals surface area contributed by atoms with Crippen LogP contribution in [-0.2, 0) is 4.32 Å². The van der Waals surface area contributed by atoms with Crippen LogP contribution in [0.2, 0.25) is 0 Å². The lowest BCUT2D eigenvalue weighted by atomic mass is 10.0. The van der Waals surface area contributed by atoms with Crippen molar-refractivity contribution in [3.8, 4) is 6.07 Å². The van der Waals surface area contributed by atoms with Crippen molar-refractivity contribution in [1.82, 2.24) is 0 Å². The first-order chi connectivity index (χ1) is 5.17. The van der Waals surface area contributed by atoms with E-state index >= 15 is 0 Å². The molecule has 1 unspecified atom stereocenters. The summed E-state index contributed by atoms with van der Waals surface area (Å²) in [6.07, 6.45) is 0. The van der Waals surface area contributed by atoms with Gasteiger partial charge < -0.3 is 0 Å². The Hall–Kier alpha value is -0.810. The predicted octanol–water partition coefficient (Wildman–Crippen LogP) is 2.82. The van der Waals surface area contributed by atoms with Gasteiger partial charge in [-0.15, -0.1) is 0 Å². The van der Waals surface area contributed by atoms with E-state index < -0.39 is 4.32 Å². The maximum Gasteiger partial charge on any atom is 0.134 e. The molecule has 0 aliphatic rings. The van der Waals surface area contributed by atoms with Gasteiger partial charge in [-0.1, -0.05) is 46.3 Å². The third-order valence-corrected chi connectivity index (χ3v) is 2.16. The normalized spacial score (nSPS) is 15.0. The minimum Gasteiger partial charge on any atom is -0.196 e. The zero-order valence-corrected chi connectivity index (χ0v) is 7.80. The third-order valence-electron chi connectivity index (χ3n) is 1.53. The molecule has 1 rings (SSSR count). The van der Waals surface area contributed by atoms with Gasteiger partial charge in [0, 0.05) is 0 Å². The van der Waals surface area contributed by atoms with Crippen molar-refractivity contribution in [2.45, 2.75) is 11.2 Å². The summed E-state index contributed by atoms with van der Waals surface area (Å²) in [6.45, 7) is 1.84. The fraction of sp³-hybridized carbons (Fsp3) is 0.222. The smallest absolute Gasteiger partial charge is 0.134 e. The largest absolute Gasteiger partial charge is 0.196 e. The number of hydrogen-bond acceptors (Lipinski definition) is 1. The average Bonchev–Trinajstić information content (AvgIpc) is 2.06. The van der Waals surface area contributed by atoms with Gasteiger partial charge in [-0.05, 0) is 12.5 Å². The molecule has 11 heavy (non-hydrogen) atoms. The Morgan fingerprint density at radius 2 is 1.91 bits per heavy atom. The van der Waals surface area contributed by atoms with Gasteiger partial charge in [0.25, 0.3) is 0 Å². The number of alkyl halides is 1. The van der Waals surface area contributed by atoms with Crippen LogP contribution in [0.4, 0.5) is 0 Å². The fourth-order valence-corrected chi connectivity index (χ4v) is 1.08. The minimum atomic E-state index is -0.547. The lowest BCUT2D eigenvalue weighted by Gasteiger charge is -2.12. The summed E-state index contributed by atoms with van der Waals surface area (Å²) in [7, 11) is 0. The van der Waals surface area contributed by atoms with Crippen LogP contribution in [0.5, 0.6) is 0 Å². The highest BCUT2D eigenvalue weighted by Gasteiger charge is 2.20. The van der Waals surface area contributed by atoms with E-state index in [0.29, 0.717) is 0 Å². The van der Waals surface area contributed by atoms with E-state index in [9.17, 15) is 0 Å². The summed E-state index contributed by atoms with van der Waals surface area (Å²) in [5, 5.41) is 8.75. The van der Waals surface area contributed by atoms with E-state index in [2.05, 4.69) is 22.0 Å². The van der Waals surface area contributed by atoms with Crippen LogP contribution in [0.25, 0.3) is 0 Å². The Kier molecular flexibility index (Phi) is 2.31. The van der Waals surface area contributed by atoms with Gasteiger partial charge >= 0.3 is 0 Å². The monoisotopic (exact) mass is 209 g/mol. The molecule has 1 atom stereocenters. The molecule has 1 aromatic carbocycles. The van der Waals surface area contributed by atoms with Gasteiger partial charge in [-0.25, -0.2) is 0 Å². The van der Waals surface area contributed by atoms with Gasteiger partial charge in [-0.3, -0.25) is 0 Å². The van der Waals surface area contributed by atoms with E-state index in [4.69, 9.17) is 5.26 Å². The van der Waals surface area contributed by atoms with Gasteiger partial charge in [0.05, 0.1) is 6.07 Å². The topological polar surface area (TPSA) is 23.8 Å². The molecule has 0 amide bonds. The highest BCUT2D eigenvalue weighted by Crippen LogP contribution is 2.28. The van der Waals surface area contributed by atoms with Crippen LogP contribution >= 0.6 is 15.9 Å². The number of rotatable bonds is 1. The van der Waals surface area contributed by atoms with E-state index in [1.807, 2.05) is 37.3 Å². The molecule has 0 N–H and O–H groups in total. The maximum absolute atomic E-state index is 8.75. The fourth-order valence-electron chi connectivity index (χ4n) is 0.816. The SMILES string of the molecule is CC(Br)(C#N)c1ccccc1. The first-order valence-corrected chi connectivity index (χ1v) is 4.12. The van der Waals surface area contributed by atoms with Gasteiger partial charge in [0.2, 0.25) is 0 Å². The van der Waals surface area contributed by atoms with Crippen LogP contribution in [0.1, 0.15) is 12.5 Å². The van der Waals surface area contributed by atoms with Crippen molar-refractivity contribution in [3.05, 3.63) is 35.9 Å². The molecule has 0 saturated carbocycles. The Bertz CT molecular complexity index is 271. The molecule has 0 bridgehead atoms. The Labute approximate surface area is 74.8 Å². The molecule has 1 aromatic rings. The van der Waals surface area contributed by atoms with Crippen molar-refractivity contribution < 1.29 is 0 Å². The highest BCUT2D eigenvalue weighted by molar-refractivity contribution is 9.09. The molecule has 0 fully saturated rings. The highest BCUT2D eigenvalue weighted by atomic mass is 79.9. The first kappa shape index (κ1) is 8.29. The number of benzene rings is 1. The van der Waals surface area contributed by atoms with Gasteiger partial charge in [-0.2, -0.15) is 5.26 Å². The second-order valence-corrected chi connectivity index (χ2v) is 4.07. The standard InChI is InChI=1S/C9H8BrN/c1-9(10,7-11)8-5-3-2-4-6-8/h2-6H,1H3. The minimum absolute atomic E-state index is 0.547. The Balaban J connectivity index is 3.05. The molecular formula is C9H8BrN. The van der Waals surface area contributed by atoms with Crippen molar-refractivity contribution in [2.24, 2.45) is 0 Å². The number of halogens is 1. The summed E-state index contributed by atoms with van der Waals surface area (Å²) in [6, 6.07) is 11.8. The third kappa shape index (κ3) is 1.81. The summed E-state index contributed by atoms with van der Waals surface area (Å²) in [5.74, 6) is 0. The van der Waals surface area contributed by atoms with E-state index in [1.165, 1.54) is 0 Å². The quantitative estimate of drug-likeness (QED) is 0.653. The van der Waals surface area contributed by atoms with Crippen LogP contribution in [-0.4, -0.2) is 0 Å². The van der Waals surface area contributed by atoms with E-state index in [-0.39, 0.29) is 0 Å². The van der Waals surface area contributed by atoms with Crippen molar-refractivity contribution >= 4 is 15.9 Å². The molecule has 56 valence electrons. The second-order valence-electron chi connectivity index (χ2n) is 2.48. The van der Waals surface area contributed by atoms with Crippen molar-refractivity contribution in [3.63, 3.8) is 0 Å². The van der Waals surface area contributed by atoms with Crippen LogP contribution in [0.3, 0.4) is 0 Å². The first-order valence-electron chi connectivity index (χ1n) is 3.32. The Morgan fingerprint density at radius 3 is 2.36 bits per heavy atom. The number of nitrogens with zero attached hydrogens (tertiary/aromatic N) is 1. The maximum atomic E-state index is 8.75. The molecule has 0 heterocycles. The van der Waals surface area contributed by atoms with Crippen LogP contribution in [0.15, 0.2) is 30.3 Å². The average molecular weight is 210 g/mol. The summed E-state index contributed by atoms with van der Waals surface area (Å²) in [5.41, 5.74) is 0.988. The zero-order valence-electron chi connectivity index (χ0n) is 6.21. The van der Waals surface area contributed by atoms with Crippen molar-refractivity contribution in [2.75, 3.05) is 0 Å². The van der Waals surface area contributed by atoms with Crippen LogP contribution in [0, 0.1) is 11.3 Å². The summed E-state index contributed by atoms with van der Waals surface area (Å²) < 4.78 is -0.547. The van der Waals surface area contributed by atoms with Crippen LogP contribution < -0.4 is 0 Å². The second kappa shape index (κ2) is 3.06. The lowest BCUT2D eigenvalue weighted by Crippen LogP contribution is -2.08. The van der Waals surface area contributed by atoms with E-state index in [0.717, 1.165) is 5.56 Å². The molecule has 0 radical (unpaired) electrons. The molecule has 0 aliphatic carbocycles. The molecule has 0 aliphatic heterocycles. The van der Waals surface area contributed by atoms with Gasteiger partial charge in [0.15, 0.2) is 0 Å². The van der Waals surface area contributed by atoms with Crippen molar-refractivity contribution in [1.29, 1.82) is 5.26 Å². The molecule has 1 nitrogen and oxygen atoms in total. The molecule has 0 saturated heterocycles. The Morgan fingerprint density at radius 1 is 1.36 bits per heavy atom. The van der Waals surface area contributed by atoms with Gasteiger partial charge in [0.1, 0.15) is 4.32 Å². The van der Waals surface area contributed by atoms with E-state index in [1.54, 1.807) is 0 Å². The predicted molar refractivity (Wildman–Crippen MR) is 48.3 cm³/mol. The molecule has 0 aromatic heterocycles. The number of hydrogen-bond donors (Lipinski definition) is 0. The zero-order chi connectivity index (χ0) is 8.32.